The fourth-order valence-electron chi connectivity index (χ4n) is 3.05. The molecule has 2 nitrogen and oxygen atoms in total. The molecule has 0 radical (unpaired) electrons. The number of carbonyl (C=O) groups excluding carboxylic acids is 1. The first kappa shape index (κ1) is 12.9. The average molecular weight is 265 g/mol. The molecule has 0 fully saturated rings. The van der Waals surface area contributed by atoms with Gasteiger partial charge in [-0.2, -0.15) is 0 Å². The minimum absolute atomic E-state index is 0.0350. The highest BCUT2D eigenvalue weighted by Gasteiger charge is 2.36. The van der Waals surface area contributed by atoms with Crippen molar-refractivity contribution in [2.75, 3.05) is 11.4 Å². The number of rotatable bonds is 3. The average Bonchev–Trinajstić information content (AvgIpc) is 2.74. The highest BCUT2D eigenvalue weighted by Crippen LogP contribution is 2.39. The van der Waals surface area contributed by atoms with E-state index in [9.17, 15) is 4.79 Å². The first-order valence-corrected chi connectivity index (χ1v) is 7.17. The van der Waals surface area contributed by atoms with Gasteiger partial charge in [0.05, 0.1) is 5.92 Å². The number of amides is 1. The highest BCUT2D eigenvalue weighted by atomic mass is 16.2. The molecule has 0 saturated heterocycles. The second-order valence-electron chi connectivity index (χ2n) is 5.32. The Bertz CT molecular complexity index is 647. The Labute approximate surface area is 120 Å². The zero-order valence-corrected chi connectivity index (χ0v) is 12.0. The number of anilines is 1. The number of aryl methyl sites for hydroxylation is 1. The molecule has 0 spiro atoms. The van der Waals surface area contributed by atoms with Crippen molar-refractivity contribution in [2.24, 2.45) is 0 Å². The largest absolute Gasteiger partial charge is 0.312 e. The Morgan fingerprint density at radius 3 is 2.50 bits per heavy atom. The van der Waals surface area contributed by atoms with E-state index in [1.165, 1.54) is 16.7 Å². The molecule has 0 bridgehead atoms. The second kappa shape index (κ2) is 5.12. The first-order valence-electron chi connectivity index (χ1n) is 7.17. The lowest BCUT2D eigenvalue weighted by molar-refractivity contribution is -0.119. The quantitative estimate of drug-likeness (QED) is 0.829. The number of benzene rings is 2. The van der Waals surface area contributed by atoms with Gasteiger partial charge in [-0.15, -0.1) is 0 Å². The van der Waals surface area contributed by atoms with Crippen molar-refractivity contribution in [1.82, 2.24) is 0 Å². The summed E-state index contributed by atoms with van der Waals surface area (Å²) >= 11 is 0. The van der Waals surface area contributed by atoms with E-state index >= 15 is 0 Å². The Hall–Kier alpha value is -2.09. The number of nitrogens with zero attached hydrogens (tertiary/aromatic N) is 1. The van der Waals surface area contributed by atoms with Crippen molar-refractivity contribution in [3.05, 3.63) is 65.2 Å². The summed E-state index contributed by atoms with van der Waals surface area (Å²) in [5.41, 5.74) is 4.77. The summed E-state index contributed by atoms with van der Waals surface area (Å²) < 4.78 is 0. The van der Waals surface area contributed by atoms with Gasteiger partial charge in [0.2, 0.25) is 5.91 Å². The van der Waals surface area contributed by atoms with Crippen LogP contribution in [0.1, 0.15) is 29.5 Å². The zero-order valence-electron chi connectivity index (χ0n) is 12.0. The SMILES string of the molecule is CCN1C(=O)[C@@H](Cc2ccccc2C)c2ccccc21. The predicted molar refractivity (Wildman–Crippen MR) is 82.1 cm³/mol. The first-order chi connectivity index (χ1) is 9.72. The van der Waals surface area contributed by atoms with Gasteiger partial charge in [-0.1, -0.05) is 42.5 Å². The molecule has 1 aliphatic heterocycles. The van der Waals surface area contributed by atoms with E-state index in [0.717, 1.165) is 18.7 Å². The zero-order chi connectivity index (χ0) is 14.1. The van der Waals surface area contributed by atoms with Crippen molar-refractivity contribution < 1.29 is 4.79 Å². The summed E-state index contributed by atoms with van der Waals surface area (Å²) in [5, 5.41) is 0. The third kappa shape index (κ3) is 2.01. The van der Waals surface area contributed by atoms with E-state index in [-0.39, 0.29) is 11.8 Å². The van der Waals surface area contributed by atoms with Gasteiger partial charge in [-0.3, -0.25) is 4.79 Å². The second-order valence-corrected chi connectivity index (χ2v) is 5.32. The smallest absolute Gasteiger partial charge is 0.234 e. The monoisotopic (exact) mass is 265 g/mol. The standard InChI is InChI=1S/C18H19NO/c1-3-19-17-11-7-6-10-15(17)16(18(19)20)12-14-9-5-4-8-13(14)2/h4-11,16H,3,12H2,1-2H3/t16-/m0/s1. The molecule has 0 aliphatic carbocycles. The Balaban J connectivity index is 1.98. The summed E-state index contributed by atoms with van der Waals surface area (Å²) in [6.07, 6.45) is 0.791. The number of carbonyl (C=O) groups is 1. The van der Waals surface area contributed by atoms with Crippen LogP contribution in [-0.4, -0.2) is 12.5 Å². The lowest BCUT2D eigenvalue weighted by Crippen LogP contribution is -2.29. The van der Waals surface area contributed by atoms with Gasteiger partial charge in [0.1, 0.15) is 0 Å². The van der Waals surface area contributed by atoms with E-state index in [1.807, 2.05) is 36.1 Å². The molecule has 1 atom stereocenters. The molecule has 1 aliphatic rings. The minimum atomic E-state index is -0.0350. The fourth-order valence-corrected chi connectivity index (χ4v) is 3.05. The van der Waals surface area contributed by atoms with Gasteiger partial charge in [-0.05, 0) is 43.0 Å². The van der Waals surface area contributed by atoms with Crippen molar-refractivity contribution in [2.45, 2.75) is 26.2 Å². The van der Waals surface area contributed by atoms with E-state index in [4.69, 9.17) is 0 Å². The van der Waals surface area contributed by atoms with Gasteiger partial charge in [0.15, 0.2) is 0 Å². The minimum Gasteiger partial charge on any atom is -0.312 e. The number of likely N-dealkylation sites (N-methyl/N-ethyl adjacent to an activating group) is 1. The van der Waals surface area contributed by atoms with Crippen molar-refractivity contribution >= 4 is 11.6 Å². The summed E-state index contributed by atoms with van der Waals surface area (Å²) in [6, 6.07) is 16.5. The topological polar surface area (TPSA) is 20.3 Å². The van der Waals surface area contributed by atoms with Crippen molar-refractivity contribution in [1.29, 1.82) is 0 Å². The fraction of sp³-hybridized carbons (Fsp3) is 0.278. The molecule has 102 valence electrons. The molecule has 3 rings (SSSR count). The van der Waals surface area contributed by atoms with E-state index in [2.05, 4.69) is 31.2 Å². The lowest BCUT2D eigenvalue weighted by atomic mass is 9.91. The van der Waals surface area contributed by atoms with Crippen LogP contribution >= 0.6 is 0 Å². The Kier molecular flexibility index (Phi) is 3.31. The molecular formula is C18H19NO. The van der Waals surface area contributed by atoms with Gasteiger partial charge in [0.25, 0.3) is 0 Å². The van der Waals surface area contributed by atoms with E-state index in [0.29, 0.717) is 0 Å². The molecule has 20 heavy (non-hydrogen) atoms. The van der Waals surface area contributed by atoms with Crippen LogP contribution in [0.3, 0.4) is 0 Å². The Morgan fingerprint density at radius 1 is 1.05 bits per heavy atom. The maximum absolute atomic E-state index is 12.6. The van der Waals surface area contributed by atoms with Gasteiger partial charge >= 0.3 is 0 Å². The summed E-state index contributed by atoms with van der Waals surface area (Å²) in [6.45, 7) is 4.88. The maximum Gasteiger partial charge on any atom is 0.234 e. The molecule has 2 heteroatoms. The van der Waals surface area contributed by atoms with Gasteiger partial charge < -0.3 is 4.90 Å². The molecule has 1 heterocycles. The molecule has 0 unspecified atom stereocenters. The Morgan fingerprint density at radius 2 is 1.75 bits per heavy atom. The molecular weight excluding hydrogens is 246 g/mol. The van der Waals surface area contributed by atoms with E-state index < -0.39 is 0 Å². The number of para-hydroxylation sites is 1. The summed E-state index contributed by atoms with van der Waals surface area (Å²) in [5.74, 6) is 0.198. The van der Waals surface area contributed by atoms with Crippen LogP contribution in [0.25, 0.3) is 0 Å². The van der Waals surface area contributed by atoms with E-state index in [1.54, 1.807) is 0 Å². The van der Waals surface area contributed by atoms with Crippen molar-refractivity contribution in [3.8, 4) is 0 Å². The number of hydrogen-bond acceptors (Lipinski definition) is 1. The molecule has 0 saturated carbocycles. The molecule has 0 aromatic heterocycles. The van der Waals surface area contributed by atoms with Crippen LogP contribution in [-0.2, 0) is 11.2 Å². The highest BCUT2D eigenvalue weighted by molar-refractivity contribution is 6.05. The summed E-state index contributed by atoms with van der Waals surface area (Å²) in [7, 11) is 0. The van der Waals surface area contributed by atoms with Crippen LogP contribution in [0.4, 0.5) is 5.69 Å². The van der Waals surface area contributed by atoms with Crippen LogP contribution in [0.15, 0.2) is 48.5 Å². The predicted octanol–water partition coefficient (Wildman–Crippen LogP) is 3.69. The third-order valence-electron chi connectivity index (χ3n) is 4.17. The third-order valence-corrected chi connectivity index (χ3v) is 4.17. The molecule has 2 aromatic rings. The van der Waals surface area contributed by atoms with Crippen LogP contribution in [0.2, 0.25) is 0 Å². The van der Waals surface area contributed by atoms with Crippen LogP contribution in [0.5, 0.6) is 0 Å². The molecule has 2 aromatic carbocycles. The van der Waals surface area contributed by atoms with Gasteiger partial charge in [-0.25, -0.2) is 0 Å². The van der Waals surface area contributed by atoms with Crippen LogP contribution < -0.4 is 4.90 Å². The normalized spacial score (nSPS) is 17.4. The van der Waals surface area contributed by atoms with Crippen LogP contribution in [0, 0.1) is 6.92 Å². The van der Waals surface area contributed by atoms with Crippen molar-refractivity contribution in [3.63, 3.8) is 0 Å². The maximum atomic E-state index is 12.6. The summed E-state index contributed by atoms with van der Waals surface area (Å²) in [4.78, 5) is 14.5. The molecule has 1 amide bonds. The number of fused-ring (bicyclic) bond motifs is 1. The lowest BCUT2D eigenvalue weighted by Gasteiger charge is -2.15. The number of hydrogen-bond donors (Lipinski definition) is 0. The van der Waals surface area contributed by atoms with Gasteiger partial charge in [0, 0.05) is 12.2 Å². The molecule has 0 N–H and O–H groups in total.